The molecule has 0 saturated heterocycles. The molecular weight excluding hydrogens is 482 g/mol. The minimum Gasteiger partial charge on any atom is -0.355 e. The van der Waals surface area contributed by atoms with Crippen LogP contribution in [0.2, 0.25) is 0 Å². The van der Waals surface area contributed by atoms with Gasteiger partial charge in [0.2, 0.25) is 0 Å². The third-order valence-electron chi connectivity index (χ3n) is 6.81. The van der Waals surface area contributed by atoms with Crippen molar-refractivity contribution >= 4 is 52.1 Å². The summed E-state index contributed by atoms with van der Waals surface area (Å²) in [7, 11) is 0. The van der Waals surface area contributed by atoms with Gasteiger partial charge in [-0.15, -0.1) is 0 Å². The summed E-state index contributed by atoms with van der Waals surface area (Å²) in [5.41, 5.74) is 20.3. The maximum atomic E-state index is 9.44. The number of hydrogen-bond donors (Lipinski definition) is 2. The van der Waals surface area contributed by atoms with E-state index in [9.17, 15) is 5.53 Å². The molecular formula is C32H21N7. The van der Waals surface area contributed by atoms with E-state index in [4.69, 9.17) is 9.97 Å². The van der Waals surface area contributed by atoms with Crippen LogP contribution in [0.1, 0.15) is 22.8 Å². The van der Waals surface area contributed by atoms with Crippen molar-refractivity contribution in [2.24, 2.45) is 5.11 Å². The zero-order valence-electron chi connectivity index (χ0n) is 20.7. The predicted octanol–water partition coefficient (Wildman–Crippen LogP) is 8.93. The Morgan fingerprint density at radius 1 is 0.564 bits per heavy atom. The number of H-pyrrole nitrogens is 2. The van der Waals surface area contributed by atoms with Crippen LogP contribution >= 0.6 is 0 Å². The lowest BCUT2D eigenvalue weighted by molar-refractivity contribution is 1.25. The Hall–Kier alpha value is -5.65. The molecule has 2 aromatic carbocycles. The number of azide groups is 1. The molecule has 5 heterocycles. The van der Waals surface area contributed by atoms with Crippen molar-refractivity contribution in [1.82, 2.24) is 19.9 Å². The van der Waals surface area contributed by atoms with Crippen molar-refractivity contribution in [3.8, 4) is 22.3 Å². The molecule has 7 nitrogen and oxygen atoms in total. The van der Waals surface area contributed by atoms with Gasteiger partial charge in [0.05, 0.1) is 28.5 Å². The number of nitrogens with one attached hydrogen (secondary N) is 2. The van der Waals surface area contributed by atoms with Crippen molar-refractivity contribution in [3.63, 3.8) is 0 Å². The van der Waals surface area contributed by atoms with Gasteiger partial charge in [0, 0.05) is 38.1 Å². The van der Waals surface area contributed by atoms with Crippen LogP contribution in [-0.4, -0.2) is 19.9 Å². The van der Waals surface area contributed by atoms with E-state index < -0.39 is 0 Å². The Kier molecular flexibility index (Phi) is 5.40. The summed E-state index contributed by atoms with van der Waals surface area (Å²) in [6.45, 7) is 0. The summed E-state index contributed by atoms with van der Waals surface area (Å²) >= 11 is 0. The molecule has 0 saturated carbocycles. The average Bonchev–Trinajstić information content (AvgIpc) is 3.79. The summed E-state index contributed by atoms with van der Waals surface area (Å²) in [6.07, 6.45) is 7.66. The van der Waals surface area contributed by atoms with E-state index in [-0.39, 0.29) is 0 Å². The van der Waals surface area contributed by atoms with E-state index in [1.54, 1.807) is 0 Å². The molecule has 0 aliphatic carbocycles. The second kappa shape index (κ2) is 9.34. The number of rotatable bonds is 3. The van der Waals surface area contributed by atoms with E-state index in [2.05, 4.69) is 74.6 Å². The SMILES string of the molecule is [N-]=[N+]=Nc1c2nc(c(-c3ccccc3)c3ccc(cc4ccc([nH]4)c(-c4ccccc4)c4nc1C=C4)[nH]3)C=C2. The first-order valence-corrected chi connectivity index (χ1v) is 12.6. The molecule has 7 rings (SSSR count). The molecule has 0 fully saturated rings. The first-order valence-electron chi connectivity index (χ1n) is 12.6. The normalized spacial score (nSPS) is 11.9. The van der Waals surface area contributed by atoms with Gasteiger partial charge in [-0.05, 0) is 71.3 Å². The van der Waals surface area contributed by atoms with Crippen LogP contribution < -0.4 is 0 Å². The number of fused-ring (bicyclic) bond motifs is 8. The number of benzene rings is 2. The smallest absolute Gasteiger partial charge is 0.0889 e. The minimum absolute atomic E-state index is 0.384. The molecule has 2 N–H and O–H groups in total. The molecule has 7 heteroatoms. The van der Waals surface area contributed by atoms with Crippen LogP contribution in [0.5, 0.6) is 0 Å². The van der Waals surface area contributed by atoms with Gasteiger partial charge in [-0.2, -0.15) is 0 Å². The largest absolute Gasteiger partial charge is 0.355 e. The van der Waals surface area contributed by atoms with Crippen LogP contribution in [-0.2, 0) is 0 Å². The third kappa shape index (κ3) is 4.09. The molecule has 3 aromatic heterocycles. The lowest BCUT2D eigenvalue weighted by Crippen LogP contribution is -1.87. The van der Waals surface area contributed by atoms with Gasteiger partial charge in [0.15, 0.2) is 0 Å². The second-order valence-electron chi connectivity index (χ2n) is 9.25. The zero-order chi connectivity index (χ0) is 26.2. The average molecular weight is 504 g/mol. The van der Waals surface area contributed by atoms with Crippen molar-refractivity contribution in [2.75, 3.05) is 0 Å². The molecule has 5 aromatic rings. The molecule has 2 aliphatic heterocycles. The number of nitrogens with zero attached hydrogens (tertiary/aromatic N) is 5. The highest BCUT2D eigenvalue weighted by Gasteiger charge is 2.16. The maximum absolute atomic E-state index is 9.44. The molecule has 8 bridgehead atoms. The molecule has 0 radical (unpaired) electrons. The molecule has 0 spiro atoms. The number of hydrogen-bond acceptors (Lipinski definition) is 3. The maximum Gasteiger partial charge on any atom is 0.0889 e. The quantitative estimate of drug-likeness (QED) is 0.143. The van der Waals surface area contributed by atoms with Gasteiger partial charge in [0.25, 0.3) is 0 Å². The van der Waals surface area contributed by atoms with Crippen molar-refractivity contribution in [2.45, 2.75) is 0 Å². The number of aromatic amines is 2. The Bertz CT molecular complexity index is 1870. The van der Waals surface area contributed by atoms with Crippen LogP contribution in [0.15, 0.2) is 96.1 Å². The summed E-state index contributed by atoms with van der Waals surface area (Å²) in [6, 6.07) is 30.6. The molecule has 0 atom stereocenters. The number of aromatic nitrogens is 4. The van der Waals surface area contributed by atoms with Crippen LogP contribution in [0.4, 0.5) is 5.69 Å². The van der Waals surface area contributed by atoms with Gasteiger partial charge in [-0.3, -0.25) is 0 Å². The molecule has 39 heavy (non-hydrogen) atoms. The van der Waals surface area contributed by atoms with E-state index in [1.807, 2.05) is 60.7 Å². The highest BCUT2D eigenvalue weighted by atomic mass is 15.1. The zero-order valence-corrected chi connectivity index (χ0v) is 20.7. The van der Waals surface area contributed by atoms with Crippen LogP contribution in [0.25, 0.3) is 79.1 Å². The topological polar surface area (TPSA) is 106 Å². The Labute approximate surface area is 223 Å². The first-order chi connectivity index (χ1) is 19.3. The van der Waals surface area contributed by atoms with E-state index in [0.29, 0.717) is 17.1 Å². The third-order valence-corrected chi connectivity index (χ3v) is 6.81. The summed E-state index contributed by atoms with van der Waals surface area (Å²) < 4.78 is 0. The Morgan fingerprint density at radius 2 is 1.03 bits per heavy atom. The predicted molar refractivity (Wildman–Crippen MR) is 159 cm³/mol. The fraction of sp³-hybridized carbons (Fsp3) is 0. The van der Waals surface area contributed by atoms with E-state index in [1.165, 1.54) is 0 Å². The molecule has 2 aliphatic rings. The molecule has 184 valence electrons. The minimum atomic E-state index is 0.384. The fourth-order valence-corrected chi connectivity index (χ4v) is 5.09. The van der Waals surface area contributed by atoms with Gasteiger partial charge < -0.3 is 9.97 Å². The first kappa shape index (κ1) is 22.5. The lowest BCUT2D eigenvalue weighted by atomic mass is 10.0. The second-order valence-corrected chi connectivity index (χ2v) is 9.25. The van der Waals surface area contributed by atoms with Crippen molar-refractivity contribution in [1.29, 1.82) is 0 Å². The Morgan fingerprint density at radius 3 is 1.49 bits per heavy atom. The lowest BCUT2D eigenvalue weighted by Gasteiger charge is -2.04. The summed E-state index contributed by atoms with van der Waals surface area (Å²) in [5.74, 6) is 0. The van der Waals surface area contributed by atoms with Gasteiger partial charge >= 0.3 is 0 Å². The monoisotopic (exact) mass is 503 g/mol. The standard InChI is InChI=1S/C32H21N7/c33-39-38-32-28-17-15-26(36-28)30(20-7-3-1-4-8-20)24-13-11-22(34-24)19-23-12-14-25(35-23)31(21-9-5-2-6-10-21)27-16-18-29(32)37-27/h1-19,34-35H. The van der Waals surface area contributed by atoms with Crippen LogP contribution in [0, 0.1) is 0 Å². The molecule has 0 unspecified atom stereocenters. The van der Waals surface area contributed by atoms with E-state index >= 15 is 0 Å². The van der Waals surface area contributed by atoms with Gasteiger partial charge in [-0.1, -0.05) is 65.8 Å². The van der Waals surface area contributed by atoms with Gasteiger partial charge in [0.1, 0.15) is 0 Å². The summed E-state index contributed by atoms with van der Waals surface area (Å²) in [5, 5.41) is 4.04. The molecule has 0 amide bonds. The van der Waals surface area contributed by atoms with Gasteiger partial charge in [-0.25, -0.2) is 9.97 Å². The fourth-order valence-electron chi connectivity index (χ4n) is 5.09. The van der Waals surface area contributed by atoms with Crippen LogP contribution in [0.3, 0.4) is 0 Å². The highest BCUT2D eigenvalue weighted by Crippen LogP contribution is 2.35. The van der Waals surface area contributed by atoms with Crippen molar-refractivity contribution in [3.05, 3.63) is 124 Å². The van der Waals surface area contributed by atoms with Crippen molar-refractivity contribution < 1.29 is 0 Å². The Balaban J connectivity index is 1.64. The highest BCUT2D eigenvalue weighted by molar-refractivity contribution is 5.95. The van der Waals surface area contributed by atoms with E-state index in [0.717, 1.165) is 55.7 Å². The summed E-state index contributed by atoms with van der Waals surface area (Å²) in [4.78, 5) is 20.1.